The van der Waals surface area contributed by atoms with Crippen LogP contribution in [0.2, 0.25) is 0 Å². The Morgan fingerprint density at radius 3 is 2.48 bits per heavy atom. The maximum atomic E-state index is 15.1. The molecule has 0 spiro atoms. The predicted molar refractivity (Wildman–Crippen MR) is 120 cm³/mol. The second kappa shape index (κ2) is 6.54. The van der Waals surface area contributed by atoms with Crippen LogP contribution in [0, 0.1) is 12.7 Å². The topological polar surface area (TPSA) is 30.2 Å². The van der Waals surface area contributed by atoms with Crippen molar-refractivity contribution in [1.82, 2.24) is 0 Å². The first kappa shape index (κ1) is 17.9. The highest BCUT2D eigenvalue weighted by atomic mass is 19.1. The predicted octanol–water partition coefficient (Wildman–Crippen LogP) is 6.94. The molecule has 0 fully saturated rings. The van der Waals surface area contributed by atoms with Crippen molar-refractivity contribution in [2.75, 3.05) is 0 Å². The molecular formula is C27H19FNO2+. The quantitative estimate of drug-likeness (QED) is 0.291. The zero-order chi connectivity index (χ0) is 21.1. The molecule has 0 saturated carbocycles. The molecule has 0 saturated heterocycles. The average Bonchev–Trinajstić information content (AvgIpc) is 3.38. The van der Waals surface area contributed by atoms with Gasteiger partial charge in [0.15, 0.2) is 6.20 Å². The number of hydrogen-bond acceptors (Lipinski definition) is 2. The van der Waals surface area contributed by atoms with Gasteiger partial charge in [-0.2, -0.15) is 0 Å². The molecule has 6 rings (SSSR count). The largest absolute Gasteiger partial charge is 0.464 e. The van der Waals surface area contributed by atoms with E-state index in [1.807, 2.05) is 49.6 Å². The average molecular weight is 408 g/mol. The summed E-state index contributed by atoms with van der Waals surface area (Å²) in [6.07, 6.45) is 3.66. The summed E-state index contributed by atoms with van der Waals surface area (Å²) in [4.78, 5) is 0. The van der Waals surface area contributed by atoms with E-state index in [-0.39, 0.29) is 5.82 Å². The number of pyridine rings is 1. The molecule has 3 aromatic carbocycles. The molecule has 0 aliphatic heterocycles. The minimum Gasteiger partial charge on any atom is -0.464 e. The number of benzene rings is 3. The van der Waals surface area contributed by atoms with Crippen molar-refractivity contribution in [3.8, 4) is 22.4 Å². The van der Waals surface area contributed by atoms with E-state index in [2.05, 4.69) is 29.7 Å². The third kappa shape index (κ3) is 2.61. The van der Waals surface area contributed by atoms with E-state index in [0.717, 1.165) is 49.7 Å². The molecule has 0 bridgehead atoms. The SMILES string of the molecule is Cc1ccc2c(oc3c(-c4ccc5occc5c4)c(F)ccc32)c1-c1cccc[n+]1C. The molecule has 0 unspecified atom stereocenters. The maximum Gasteiger partial charge on any atom is 0.216 e. The van der Waals surface area contributed by atoms with Crippen LogP contribution in [0.1, 0.15) is 5.56 Å². The van der Waals surface area contributed by atoms with Gasteiger partial charge in [0.2, 0.25) is 5.69 Å². The van der Waals surface area contributed by atoms with E-state index in [4.69, 9.17) is 8.83 Å². The van der Waals surface area contributed by atoms with E-state index >= 15 is 4.39 Å². The molecule has 0 aliphatic rings. The summed E-state index contributed by atoms with van der Waals surface area (Å²) in [6.45, 7) is 2.07. The molecule has 0 N–H and O–H groups in total. The number of aryl methyl sites for hydroxylation is 2. The van der Waals surface area contributed by atoms with Crippen LogP contribution in [0.15, 0.2) is 88.0 Å². The van der Waals surface area contributed by atoms with Gasteiger partial charge in [0.25, 0.3) is 0 Å². The highest BCUT2D eigenvalue weighted by Gasteiger charge is 2.23. The molecule has 3 aromatic heterocycles. The van der Waals surface area contributed by atoms with E-state index in [9.17, 15) is 0 Å². The van der Waals surface area contributed by atoms with Crippen molar-refractivity contribution in [2.24, 2.45) is 7.05 Å². The monoisotopic (exact) mass is 408 g/mol. The van der Waals surface area contributed by atoms with E-state index in [1.165, 1.54) is 6.07 Å². The lowest BCUT2D eigenvalue weighted by molar-refractivity contribution is -0.660. The summed E-state index contributed by atoms with van der Waals surface area (Å²) in [5.74, 6) is -0.307. The molecule has 3 heterocycles. The smallest absolute Gasteiger partial charge is 0.216 e. The van der Waals surface area contributed by atoms with E-state index in [0.29, 0.717) is 11.1 Å². The summed E-state index contributed by atoms with van der Waals surface area (Å²) in [5.41, 5.74) is 6.51. The third-order valence-electron chi connectivity index (χ3n) is 6.02. The minimum absolute atomic E-state index is 0.307. The van der Waals surface area contributed by atoms with Gasteiger partial charge in [-0.3, -0.25) is 0 Å². The zero-order valence-electron chi connectivity index (χ0n) is 17.1. The van der Waals surface area contributed by atoms with Crippen molar-refractivity contribution < 1.29 is 17.8 Å². The first-order valence-electron chi connectivity index (χ1n) is 10.2. The summed E-state index contributed by atoms with van der Waals surface area (Å²) in [7, 11) is 2.02. The van der Waals surface area contributed by atoms with Gasteiger partial charge in [0.1, 0.15) is 29.6 Å². The Hall–Kier alpha value is -3.92. The molecule has 31 heavy (non-hydrogen) atoms. The van der Waals surface area contributed by atoms with Gasteiger partial charge in [0, 0.05) is 28.3 Å². The standard InChI is InChI=1S/C27H19FNO2/c1-16-6-8-19-20-9-10-21(28)25(18-7-11-23-17(15-18)12-14-30-23)27(20)31-26(19)24(16)22-5-3-4-13-29(22)2/h3-15H,1-2H3/q+1. The van der Waals surface area contributed by atoms with Crippen LogP contribution in [0.5, 0.6) is 0 Å². The lowest BCUT2D eigenvalue weighted by Crippen LogP contribution is -2.30. The summed E-state index contributed by atoms with van der Waals surface area (Å²) >= 11 is 0. The number of hydrogen-bond donors (Lipinski definition) is 0. The Bertz CT molecular complexity index is 1620. The zero-order valence-corrected chi connectivity index (χ0v) is 17.1. The molecule has 3 nitrogen and oxygen atoms in total. The maximum absolute atomic E-state index is 15.1. The first-order valence-corrected chi connectivity index (χ1v) is 10.2. The van der Waals surface area contributed by atoms with Crippen LogP contribution in [0.4, 0.5) is 4.39 Å². The van der Waals surface area contributed by atoms with Crippen LogP contribution in [-0.4, -0.2) is 0 Å². The fourth-order valence-electron chi connectivity index (χ4n) is 4.47. The fraction of sp³-hybridized carbons (Fsp3) is 0.0741. The van der Waals surface area contributed by atoms with Crippen molar-refractivity contribution >= 4 is 32.9 Å². The van der Waals surface area contributed by atoms with Crippen molar-refractivity contribution in [2.45, 2.75) is 6.92 Å². The second-order valence-corrected chi connectivity index (χ2v) is 7.91. The van der Waals surface area contributed by atoms with E-state index < -0.39 is 0 Å². The Morgan fingerprint density at radius 1 is 0.839 bits per heavy atom. The molecule has 6 aromatic rings. The van der Waals surface area contributed by atoms with Gasteiger partial charge in [-0.1, -0.05) is 18.2 Å². The van der Waals surface area contributed by atoms with Gasteiger partial charge < -0.3 is 8.83 Å². The van der Waals surface area contributed by atoms with Gasteiger partial charge in [0.05, 0.1) is 17.4 Å². The van der Waals surface area contributed by atoms with Gasteiger partial charge in [-0.25, -0.2) is 8.96 Å². The van der Waals surface area contributed by atoms with Crippen LogP contribution in [-0.2, 0) is 7.05 Å². The van der Waals surface area contributed by atoms with Gasteiger partial charge in [-0.15, -0.1) is 0 Å². The second-order valence-electron chi connectivity index (χ2n) is 7.91. The van der Waals surface area contributed by atoms with Crippen molar-refractivity contribution in [3.63, 3.8) is 0 Å². The number of furan rings is 2. The summed E-state index contributed by atoms with van der Waals surface area (Å²) in [5, 5.41) is 2.81. The summed E-state index contributed by atoms with van der Waals surface area (Å²) < 4.78 is 29.1. The normalized spacial score (nSPS) is 11.7. The van der Waals surface area contributed by atoms with Crippen LogP contribution >= 0.6 is 0 Å². The van der Waals surface area contributed by atoms with Gasteiger partial charge in [-0.05, 0) is 54.4 Å². The van der Waals surface area contributed by atoms with Crippen LogP contribution in [0.3, 0.4) is 0 Å². The highest BCUT2D eigenvalue weighted by Crippen LogP contribution is 2.41. The number of aromatic nitrogens is 1. The molecule has 150 valence electrons. The highest BCUT2D eigenvalue weighted by molar-refractivity contribution is 6.13. The Morgan fingerprint density at radius 2 is 1.65 bits per heavy atom. The minimum atomic E-state index is -0.307. The Kier molecular flexibility index (Phi) is 3.78. The van der Waals surface area contributed by atoms with Gasteiger partial charge >= 0.3 is 0 Å². The molecule has 0 aliphatic carbocycles. The summed E-state index contributed by atoms with van der Waals surface area (Å²) in [6, 6.07) is 21.1. The lowest BCUT2D eigenvalue weighted by atomic mass is 9.98. The molecule has 0 atom stereocenters. The van der Waals surface area contributed by atoms with Crippen LogP contribution in [0.25, 0.3) is 55.3 Å². The molecule has 0 amide bonds. The molecule has 4 heteroatoms. The first-order chi connectivity index (χ1) is 15.1. The number of rotatable bonds is 2. The van der Waals surface area contributed by atoms with E-state index in [1.54, 1.807) is 12.3 Å². The van der Waals surface area contributed by atoms with Crippen molar-refractivity contribution in [1.29, 1.82) is 0 Å². The number of nitrogens with zero attached hydrogens (tertiary/aromatic N) is 1. The molecular weight excluding hydrogens is 389 g/mol. The third-order valence-corrected chi connectivity index (χ3v) is 6.02. The Balaban J connectivity index is 1.71. The lowest BCUT2D eigenvalue weighted by Gasteiger charge is -2.05. The Labute approximate surface area is 178 Å². The van der Waals surface area contributed by atoms with Crippen molar-refractivity contribution in [3.05, 3.63) is 90.6 Å². The molecule has 0 radical (unpaired) electrons. The van der Waals surface area contributed by atoms with Crippen LogP contribution < -0.4 is 4.57 Å². The fourth-order valence-corrected chi connectivity index (χ4v) is 4.47. The number of halogens is 1. The number of fused-ring (bicyclic) bond motifs is 4.